The molecule has 0 heterocycles. The normalized spacial score (nSPS) is 15.1. The molecular formula is C67H97F6N7O20. The summed E-state index contributed by atoms with van der Waals surface area (Å²) in [7, 11) is 0. The number of carbonyl (C=O) groups is 11. The number of alkyl halides is 6. The number of fused-ring (bicyclic) bond motifs is 2. The van der Waals surface area contributed by atoms with Crippen LogP contribution in [0.25, 0.3) is 0 Å². The zero-order valence-electron chi connectivity index (χ0n) is 57.4. The summed E-state index contributed by atoms with van der Waals surface area (Å²) < 4.78 is 101. The molecule has 0 saturated carbocycles. The van der Waals surface area contributed by atoms with E-state index in [0.717, 1.165) is 27.8 Å². The molecule has 11 N–H and O–H groups in total. The number of ether oxygens (including phenoxy) is 5. The zero-order chi connectivity index (χ0) is 74.9. The van der Waals surface area contributed by atoms with E-state index in [1.807, 2.05) is 36.4 Å². The molecule has 3 rings (SSSR count). The lowest BCUT2D eigenvalue weighted by molar-refractivity contribution is -0.173. The minimum atomic E-state index is -5.08. The lowest BCUT2D eigenvalue weighted by Crippen LogP contribution is -2.45. The van der Waals surface area contributed by atoms with Crippen molar-refractivity contribution in [2.75, 3.05) is 85.6 Å². The Morgan fingerprint density at radius 1 is 0.410 bits per heavy atom. The second kappa shape index (κ2) is 42.8. The topological polar surface area (TPSA) is 399 Å². The molecule has 1 aliphatic rings. The Kier molecular flexibility index (Phi) is 36.8. The van der Waals surface area contributed by atoms with Crippen molar-refractivity contribution < 1.29 is 123 Å². The van der Waals surface area contributed by atoms with Crippen LogP contribution in [0.15, 0.2) is 36.4 Å². The SMILES string of the molecule is CC(CC(CC(C)C(=O)O)c1ccc2c(c1)CCc1ccc(C(CC(C)C(=O)O)CC(CC(CC(CC(C)C(=O)NCCOCCOCCNC(=O)C(F)(F)F)C(=O)NCCOCCOCCNC(=O)C(F)(F)F)C(=O)NCCC(=O)NNC(=O)OC(C)(C)C)C(=O)O)cc1CC2)C(=O)O. The fraction of sp³-hybridized carbons (Fsp3) is 0.657. The summed E-state index contributed by atoms with van der Waals surface area (Å²) in [6.07, 6.45) is -10.3. The molecular weight excluding hydrogens is 1340 g/mol. The smallest absolute Gasteiger partial charge is 0.471 e. The maximum atomic E-state index is 14.6. The highest BCUT2D eigenvalue weighted by Gasteiger charge is 2.40. The number of rotatable bonds is 44. The van der Waals surface area contributed by atoms with Gasteiger partial charge in [-0.15, -0.1) is 0 Å². The number of carbonyl (C=O) groups excluding carboxylic acids is 7. The van der Waals surface area contributed by atoms with E-state index in [1.165, 1.54) is 13.8 Å². The molecule has 8 atom stereocenters. The number of halogens is 6. The van der Waals surface area contributed by atoms with Crippen LogP contribution < -0.4 is 37.4 Å². The minimum Gasteiger partial charge on any atom is -0.481 e. The average Bonchev–Trinajstić information content (AvgIpc) is 0.806. The molecule has 562 valence electrons. The third-order valence-corrected chi connectivity index (χ3v) is 16.6. The molecule has 27 nitrogen and oxygen atoms in total. The maximum Gasteiger partial charge on any atom is 0.471 e. The van der Waals surface area contributed by atoms with Crippen LogP contribution >= 0.6 is 0 Å². The summed E-state index contributed by atoms with van der Waals surface area (Å²) >= 11 is 0. The number of aryl methyl sites for hydroxylation is 4. The molecule has 0 aliphatic heterocycles. The van der Waals surface area contributed by atoms with E-state index in [2.05, 4.69) is 26.8 Å². The molecule has 0 fully saturated rings. The second-order valence-corrected chi connectivity index (χ2v) is 25.9. The third-order valence-electron chi connectivity index (χ3n) is 16.6. The van der Waals surface area contributed by atoms with Gasteiger partial charge in [-0.3, -0.25) is 53.4 Å². The Labute approximate surface area is 576 Å². The number of hydrogen-bond acceptors (Lipinski definition) is 16. The van der Waals surface area contributed by atoms with Crippen LogP contribution in [0.2, 0.25) is 0 Å². The summed E-state index contributed by atoms with van der Waals surface area (Å²) in [6, 6.07) is 11.6. The zero-order valence-corrected chi connectivity index (χ0v) is 57.4. The molecule has 2 aromatic carbocycles. The largest absolute Gasteiger partial charge is 0.481 e. The van der Waals surface area contributed by atoms with Gasteiger partial charge in [-0.05, 0) is 137 Å². The maximum absolute atomic E-state index is 14.6. The summed E-state index contributed by atoms with van der Waals surface area (Å²) in [4.78, 5) is 140. The van der Waals surface area contributed by atoms with Crippen molar-refractivity contribution in [2.45, 2.75) is 155 Å². The molecule has 100 heavy (non-hydrogen) atoms. The van der Waals surface area contributed by atoms with Gasteiger partial charge >= 0.3 is 54.1 Å². The summed E-state index contributed by atoms with van der Waals surface area (Å²) in [5.41, 5.74) is 8.73. The molecule has 1 aliphatic carbocycles. The number of carboxylic acids is 4. The molecule has 0 spiro atoms. The van der Waals surface area contributed by atoms with E-state index < -0.39 is 163 Å². The van der Waals surface area contributed by atoms with Crippen molar-refractivity contribution in [2.24, 2.45) is 41.4 Å². The number of benzene rings is 2. The Hall–Kier alpha value is -8.17. The summed E-state index contributed by atoms with van der Waals surface area (Å²) in [6.45, 7) is 8.30. The van der Waals surface area contributed by atoms with Gasteiger partial charge in [-0.25, -0.2) is 10.2 Å². The predicted octanol–water partition coefficient (Wildman–Crippen LogP) is 5.92. The third kappa shape index (κ3) is 33.3. The molecule has 33 heteroatoms. The molecule has 8 unspecified atom stereocenters. The molecule has 7 amide bonds. The standard InChI is InChI=1S/C67H97F6N7O20/c1-39(55(82)75-18-22-96-26-28-98-24-20-77-62(93)66(68,69)70)30-51(56(83)76-19-23-97-27-29-99-25-21-78-63(94)67(71,72)73)37-52(57(84)74-17-16-54(81)79-80-64(95)100-65(5,6)7)38-53(61(91)92)36-50(33-42(4)60(89)90)48-15-11-44-8-12-45-34-47(14-10-43(45)9-13-46(44)35-48)49(31-40(2)58(85)86)32-41(3)59(87)88/h10-11,14-15,34-35,39-42,49-53H,8-9,12-13,16-33,36-38H2,1-7H3,(H,74,84)(H,75,82)(H,76,83)(H,77,93)(H,78,94)(H,79,81)(H,80,95)(H,85,86)(H,87,88)(H,89,90)(H,91,92). The van der Waals surface area contributed by atoms with Crippen molar-refractivity contribution in [1.29, 1.82) is 0 Å². The summed E-state index contributed by atoms with van der Waals surface area (Å²) in [5.74, 6) is -20.2. The van der Waals surface area contributed by atoms with Gasteiger partial charge in [0, 0.05) is 56.9 Å². The quantitative estimate of drug-likeness (QED) is 0.0208. The number of aliphatic carboxylic acids is 4. The Morgan fingerprint density at radius 2 is 0.770 bits per heavy atom. The second-order valence-electron chi connectivity index (χ2n) is 25.9. The highest BCUT2D eigenvalue weighted by Crippen LogP contribution is 2.38. The van der Waals surface area contributed by atoms with Crippen molar-refractivity contribution in [3.63, 3.8) is 0 Å². The van der Waals surface area contributed by atoms with Gasteiger partial charge in [-0.2, -0.15) is 26.3 Å². The van der Waals surface area contributed by atoms with Gasteiger partial charge in [0.2, 0.25) is 23.6 Å². The van der Waals surface area contributed by atoms with Crippen LogP contribution in [-0.2, 0) is 97.3 Å². The lowest BCUT2D eigenvalue weighted by atomic mass is 9.76. The van der Waals surface area contributed by atoms with E-state index in [9.17, 15) is 99.5 Å². The first-order valence-electron chi connectivity index (χ1n) is 33.1. The Balaban J connectivity index is 1.97. The van der Waals surface area contributed by atoms with Crippen molar-refractivity contribution in [3.8, 4) is 0 Å². The number of amides is 7. The number of nitrogens with one attached hydrogen (secondary N) is 7. The molecule has 2 aromatic rings. The van der Waals surface area contributed by atoms with Crippen LogP contribution in [0.1, 0.15) is 145 Å². The van der Waals surface area contributed by atoms with Crippen LogP contribution in [-0.4, -0.2) is 189 Å². The number of carboxylic acid groups (broad SMARTS) is 4. The first kappa shape index (κ1) is 86.1. The van der Waals surface area contributed by atoms with Crippen LogP contribution in [0, 0.1) is 41.4 Å². The first-order chi connectivity index (χ1) is 46.9. The monoisotopic (exact) mass is 1430 g/mol. The summed E-state index contributed by atoms with van der Waals surface area (Å²) in [5, 5.41) is 52.2. The molecule has 0 saturated heterocycles. The fourth-order valence-corrected chi connectivity index (χ4v) is 11.2. The first-order valence-corrected chi connectivity index (χ1v) is 33.1. The van der Waals surface area contributed by atoms with Crippen LogP contribution in [0.5, 0.6) is 0 Å². The highest BCUT2D eigenvalue weighted by atomic mass is 19.4. The molecule has 0 aromatic heterocycles. The van der Waals surface area contributed by atoms with Gasteiger partial charge in [0.15, 0.2) is 0 Å². The van der Waals surface area contributed by atoms with Crippen molar-refractivity contribution >= 4 is 65.4 Å². The van der Waals surface area contributed by atoms with E-state index in [4.69, 9.17) is 23.7 Å². The van der Waals surface area contributed by atoms with Crippen molar-refractivity contribution in [3.05, 3.63) is 69.8 Å². The minimum absolute atomic E-state index is 0.0466. The van der Waals surface area contributed by atoms with Crippen LogP contribution in [0.4, 0.5) is 31.1 Å². The van der Waals surface area contributed by atoms with Gasteiger partial charge < -0.3 is 70.7 Å². The number of hydrazine groups is 1. The van der Waals surface area contributed by atoms with Gasteiger partial charge in [0.05, 0.1) is 76.5 Å². The van der Waals surface area contributed by atoms with Gasteiger partial charge in [0.1, 0.15) is 5.60 Å². The van der Waals surface area contributed by atoms with E-state index >= 15 is 0 Å². The average molecular weight is 1430 g/mol. The van der Waals surface area contributed by atoms with Gasteiger partial charge in [-0.1, -0.05) is 64.1 Å². The number of hydrogen-bond donors (Lipinski definition) is 11. The van der Waals surface area contributed by atoms with E-state index in [0.29, 0.717) is 31.2 Å². The lowest BCUT2D eigenvalue weighted by Gasteiger charge is -2.29. The van der Waals surface area contributed by atoms with Crippen molar-refractivity contribution in [1.82, 2.24) is 37.4 Å². The van der Waals surface area contributed by atoms with E-state index in [-0.39, 0.29) is 111 Å². The molecule has 0 bridgehead atoms. The van der Waals surface area contributed by atoms with E-state index in [1.54, 1.807) is 45.3 Å². The van der Waals surface area contributed by atoms with Crippen LogP contribution in [0.3, 0.4) is 0 Å². The Morgan fingerprint density at radius 3 is 1.16 bits per heavy atom. The fourth-order valence-electron chi connectivity index (χ4n) is 11.2. The molecule has 0 radical (unpaired) electrons. The highest BCUT2D eigenvalue weighted by molar-refractivity contribution is 5.85. The predicted molar refractivity (Wildman–Crippen MR) is 346 cm³/mol. The Bertz CT molecular complexity index is 3020. The van der Waals surface area contributed by atoms with Gasteiger partial charge in [0.25, 0.3) is 0 Å².